The summed E-state index contributed by atoms with van der Waals surface area (Å²) in [6.07, 6.45) is 2.95. The number of ether oxygens (including phenoxy) is 1. The number of rotatable bonds is 6. The SMILES string of the molecule is Cn1cnc(C(=O)N(Cc2ccc(F)c(-c3cccc(CO)c3)c2)C2CCOCC2)n1. The monoisotopic (exact) mass is 424 g/mol. The van der Waals surface area contributed by atoms with Crippen LogP contribution in [0.1, 0.15) is 34.6 Å². The van der Waals surface area contributed by atoms with Gasteiger partial charge >= 0.3 is 0 Å². The predicted octanol–water partition coefficient (Wildman–Crippen LogP) is 2.93. The minimum atomic E-state index is -0.353. The molecule has 1 fully saturated rings. The Balaban J connectivity index is 1.65. The first-order chi connectivity index (χ1) is 15.0. The second-order valence-electron chi connectivity index (χ2n) is 7.69. The maximum Gasteiger partial charge on any atom is 0.294 e. The number of carbonyl (C=O) groups is 1. The molecule has 1 saturated heterocycles. The van der Waals surface area contributed by atoms with E-state index >= 15 is 0 Å². The first kappa shape index (κ1) is 21.1. The average molecular weight is 424 g/mol. The summed E-state index contributed by atoms with van der Waals surface area (Å²) in [4.78, 5) is 19.1. The van der Waals surface area contributed by atoms with Gasteiger partial charge in [-0.15, -0.1) is 5.10 Å². The summed E-state index contributed by atoms with van der Waals surface area (Å²) in [5, 5.41) is 13.6. The maximum absolute atomic E-state index is 14.6. The van der Waals surface area contributed by atoms with Gasteiger partial charge in [-0.2, -0.15) is 0 Å². The Hall–Kier alpha value is -3.10. The highest BCUT2D eigenvalue weighted by Gasteiger charge is 2.29. The van der Waals surface area contributed by atoms with Gasteiger partial charge < -0.3 is 14.7 Å². The van der Waals surface area contributed by atoms with Crippen molar-refractivity contribution in [2.45, 2.75) is 32.0 Å². The van der Waals surface area contributed by atoms with Crippen LogP contribution in [0.15, 0.2) is 48.8 Å². The summed E-state index contributed by atoms with van der Waals surface area (Å²) in [6, 6.07) is 12.0. The number of carbonyl (C=O) groups excluding carboxylic acids is 1. The van der Waals surface area contributed by atoms with Crippen LogP contribution in [-0.2, 0) is 24.9 Å². The van der Waals surface area contributed by atoms with E-state index in [1.165, 1.54) is 17.1 Å². The predicted molar refractivity (Wildman–Crippen MR) is 112 cm³/mol. The summed E-state index contributed by atoms with van der Waals surface area (Å²) in [5.41, 5.74) is 2.63. The van der Waals surface area contributed by atoms with Gasteiger partial charge in [-0.3, -0.25) is 9.48 Å². The summed E-state index contributed by atoms with van der Waals surface area (Å²) < 4.78 is 21.6. The molecule has 0 spiro atoms. The fourth-order valence-electron chi connectivity index (χ4n) is 3.86. The second-order valence-corrected chi connectivity index (χ2v) is 7.69. The number of aliphatic hydroxyl groups excluding tert-OH is 1. The van der Waals surface area contributed by atoms with Gasteiger partial charge in [0, 0.05) is 38.4 Å². The largest absolute Gasteiger partial charge is 0.392 e. The zero-order valence-corrected chi connectivity index (χ0v) is 17.4. The number of nitrogens with zero attached hydrogens (tertiary/aromatic N) is 4. The molecule has 1 amide bonds. The van der Waals surface area contributed by atoms with Crippen LogP contribution in [0, 0.1) is 5.82 Å². The van der Waals surface area contributed by atoms with Crippen molar-refractivity contribution in [1.82, 2.24) is 19.7 Å². The normalized spacial score (nSPS) is 14.5. The minimum absolute atomic E-state index is 0.00345. The fourth-order valence-corrected chi connectivity index (χ4v) is 3.86. The Morgan fingerprint density at radius 1 is 1.23 bits per heavy atom. The molecule has 0 atom stereocenters. The molecule has 2 aromatic carbocycles. The molecule has 1 aromatic heterocycles. The van der Waals surface area contributed by atoms with E-state index in [1.807, 2.05) is 0 Å². The Kier molecular flexibility index (Phi) is 6.39. The van der Waals surface area contributed by atoms with E-state index in [0.717, 1.165) is 18.4 Å². The Morgan fingerprint density at radius 3 is 2.74 bits per heavy atom. The number of aryl methyl sites for hydroxylation is 1. The van der Waals surface area contributed by atoms with Crippen LogP contribution in [0.25, 0.3) is 11.1 Å². The van der Waals surface area contributed by atoms with E-state index < -0.39 is 0 Å². The molecule has 162 valence electrons. The number of halogens is 1. The lowest BCUT2D eigenvalue weighted by Crippen LogP contribution is -2.43. The Morgan fingerprint density at radius 2 is 2.03 bits per heavy atom. The summed E-state index contributed by atoms with van der Waals surface area (Å²) >= 11 is 0. The molecule has 2 heterocycles. The average Bonchev–Trinajstić information content (AvgIpc) is 3.25. The molecule has 1 aliphatic rings. The number of hydrogen-bond donors (Lipinski definition) is 1. The van der Waals surface area contributed by atoms with E-state index in [4.69, 9.17) is 4.74 Å². The molecular weight excluding hydrogens is 399 g/mol. The van der Waals surface area contributed by atoms with E-state index in [0.29, 0.717) is 36.4 Å². The van der Waals surface area contributed by atoms with Gasteiger partial charge in [0.25, 0.3) is 5.91 Å². The van der Waals surface area contributed by atoms with E-state index in [9.17, 15) is 14.3 Å². The van der Waals surface area contributed by atoms with Crippen LogP contribution in [0.5, 0.6) is 0 Å². The third-order valence-electron chi connectivity index (χ3n) is 5.49. The quantitative estimate of drug-likeness (QED) is 0.658. The number of hydrogen-bond acceptors (Lipinski definition) is 5. The van der Waals surface area contributed by atoms with Crippen LogP contribution in [0.3, 0.4) is 0 Å². The molecule has 31 heavy (non-hydrogen) atoms. The van der Waals surface area contributed by atoms with Crippen molar-refractivity contribution in [1.29, 1.82) is 0 Å². The van der Waals surface area contributed by atoms with Gasteiger partial charge in [0.05, 0.1) is 6.61 Å². The van der Waals surface area contributed by atoms with E-state index in [-0.39, 0.29) is 30.2 Å². The molecule has 0 saturated carbocycles. The molecule has 0 radical (unpaired) electrons. The minimum Gasteiger partial charge on any atom is -0.392 e. The zero-order chi connectivity index (χ0) is 21.8. The topological polar surface area (TPSA) is 80.5 Å². The van der Waals surface area contributed by atoms with E-state index in [1.54, 1.807) is 48.3 Å². The van der Waals surface area contributed by atoms with Crippen LogP contribution in [0.4, 0.5) is 4.39 Å². The smallest absolute Gasteiger partial charge is 0.294 e. The lowest BCUT2D eigenvalue weighted by Gasteiger charge is -2.34. The van der Waals surface area contributed by atoms with Crippen LogP contribution >= 0.6 is 0 Å². The second kappa shape index (κ2) is 9.36. The number of aromatic nitrogens is 3. The van der Waals surface area contributed by atoms with Crippen LogP contribution in [0.2, 0.25) is 0 Å². The summed E-state index contributed by atoms with van der Waals surface area (Å²) in [7, 11) is 1.72. The summed E-state index contributed by atoms with van der Waals surface area (Å²) in [5.74, 6) is -0.457. The first-order valence-corrected chi connectivity index (χ1v) is 10.3. The van der Waals surface area contributed by atoms with Gasteiger partial charge in [0.2, 0.25) is 5.82 Å². The molecule has 8 heteroatoms. The molecule has 0 bridgehead atoms. The maximum atomic E-state index is 14.6. The van der Waals surface area contributed by atoms with Crippen molar-refractivity contribution in [3.8, 4) is 11.1 Å². The third kappa shape index (κ3) is 4.81. The fraction of sp³-hybridized carbons (Fsp3) is 0.348. The van der Waals surface area contributed by atoms with Gasteiger partial charge in [-0.25, -0.2) is 9.37 Å². The van der Waals surface area contributed by atoms with Crippen molar-refractivity contribution in [3.63, 3.8) is 0 Å². The molecule has 7 nitrogen and oxygen atoms in total. The van der Waals surface area contributed by atoms with Crippen molar-refractivity contribution < 1.29 is 19.0 Å². The van der Waals surface area contributed by atoms with Crippen molar-refractivity contribution >= 4 is 5.91 Å². The van der Waals surface area contributed by atoms with Crippen LogP contribution < -0.4 is 0 Å². The highest BCUT2D eigenvalue weighted by molar-refractivity contribution is 5.90. The van der Waals surface area contributed by atoms with Crippen molar-refractivity contribution in [3.05, 3.63) is 71.6 Å². The van der Waals surface area contributed by atoms with Crippen LogP contribution in [-0.4, -0.2) is 49.9 Å². The molecule has 1 aliphatic heterocycles. The van der Waals surface area contributed by atoms with Crippen molar-refractivity contribution in [2.24, 2.45) is 7.05 Å². The molecule has 0 aliphatic carbocycles. The van der Waals surface area contributed by atoms with Gasteiger partial charge in [-0.1, -0.05) is 24.3 Å². The number of amides is 1. The molecule has 3 aromatic rings. The van der Waals surface area contributed by atoms with E-state index in [2.05, 4.69) is 10.1 Å². The lowest BCUT2D eigenvalue weighted by molar-refractivity contribution is 0.0260. The highest BCUT2D eigenvalue weighted by Crippen LogP contribution is 2.27. The number of aliphatic hydroxyl groups is 1. The first-order valence-electron chi connectivity index (χ1n) is 10.3. The zero-order valence-electron chi connectivity index (χ0n) is 17.4. The van der Waals surface area contributed by atoms with Crippen molar-refractivity contribution in [2.75, 3.05) is 13.2 Å². The molecule has 0 unspecified atom stereocenters. The standard InChI is InChI=1S/C23H25FN4O3/c1-27-15-25-22(26-27)23(30)28(19-7-9-31-10-8-19)13-16-5-6-21(24)20(12-16)18-4-2-3-17(11-18)14-29/h2-6,11-12,15,19,29H,7-10,13-14H2,1H3. The Bertz CT molecular complexity index is 1060. The van der Waals surface area contributed by atoms with Gasteiger partial charge in [0.15, 0.2) is 0 Å². The number of benzene rings is 2. The highest BCUT2D eigenvalue weighted by atomic mass is 19.1. The Labute approximate surface area is 180 Å². The van der Waals surface area contributed by atoms with Gasteiger partial charge in [0.1, 0.15) is 12.1 Å². The molecule has 4 rings (SSSR count). The molecule has 1 N–H and O–H groups in total. The molecular formula is C23H25FN4O3. The lowest BCUT2D eigenvalue weighted by atomic mass is 9.99. The summed E-state index contributed by atoms with van der Waals surface area (Å²) in [6.45, 7) is 1.38. The third-order valence-corrected chi connectivity index (χ3v) is 5.49. The van der Waals surface area contributed by atoms with Gasteiger partial charge in [-0.05, 0) is 47.7 Å².